The van der Waals surface area contributed by atoms with Gasteiger partial charge in [-0.05, 0) is 35.8 Å². The maximum absolute atomic E-state index is 14.1. The molecule has 158 valence electrons. The molecule has 2 atom stereocenters. The van der Waals surface area contributed by atoms with Crippen LogP contribution in [-0.4, -0.2) is 33.0 Å². The van der Waals surface area contributed by atoms with Gasteiger partial charge in [0.1, 0.15) is 17.1 Å². The highest BCUT2D eigenvalue weighted by Crippen LogP contribution is 2.22. The van der Waals surface area contributed by atoms with Crippen molar-refractivity contribution in [3.05, 3.63) is 67.9 Å². The largest absolute Gasteiger partial charge is 0.341 e. The van der Waals surface area contributed by atoms with Gasteiger partial charge in [-0.15, -0.1) is 11.3 Å². The molecule has 0 unspecified atom stereocenters. The van der Waals surface area contributed by atoms with Crippen LogP contribution < -0.4 is 11.2 Å². The summed E-state index contributed by atoms with van der Waals surface area (Å²) >= 11 is 1.22. The number of carbonyl (C=O) groups excluding carboxylic acids is 1. The molecular weight excluding hydrogens is 405 g/mol. The maximum atomic E-state index is 14.1. The van der Waals surface area contributed by atoms with Crippen LogP contribution in [0.4, 0.5) is 4.39 Å². The first kappa shape index (κ1) is 20.5. The fraction of sp³-hybridized carbons (Fsp3) is 0.409. The van der Waals surface area contributed by atoms with Crippen molar-refractivity contribution in [1.29, 1.82) is 0 Å². The van der Waals surface area contributed by atoms with E-state index >= 15 is 0 Å². The Kier molecular flexibility index (Phi) is 5.60. The molecule has 3 aromatic rings. The SMILES string of the molecule is C[C@@H]1C[C@@H](C)CN(C(=O)Cn2c(=O)n(Cc3ccccc3F)c(=O)c3sccc32)C1. The van der Waals surface area contributed by atoms with Gasteiger partial charge in [0.05, 0.1) is 12.1 Å². The molecular formula is C22H24FN3O3S. The quantitative estimate of drug-likeness (QED) is 0.641. The molecule has 30 heavy (non-hydrogen) atoms. The smallest absolute Gasteiger partial charge is 0.332 e. The Morgan fingerprint density at radius 3 is 2.50 bits per heavy atom. The van der Waals surface area contributed by atoms with Crippen molar-refractivity contribution >= 4 is 27.5 Å². The normalized spacial score (nSPS) is 19.4. The molecule has 0 radical (unpaired) electrons. The first-order valence-electron chi connectivity index (χ1n) is 10.1. The van der Waals surface area contributed by atoms with Crippen LogP contribution in [0.1, 0.15) is 25.8 Å². The lowest BCUT2D eigenvalue weighted by molar-refractivity contribution is -0.134. The summed E-state index contributed by atoms with van der Waals surface area (Å²) in [5, 5.41) is 1.73. The van der Waals surface area contributed by atoms with Gasteiger partial charge < -0.3 is 4.90 Å². The molecule has 8 heteroatoms. The number of fused-ring (bicyclic) bond motifs is 1. The molecule has 0 bridgehead atoms. The molecule has 1 amide bonds. The number of hydrogen-bond acceptors (Lipinski definition) is 4. The van der Waals surface area contributed by atoms with Gasteiger partial charge in [0, 0.05) is 18.7 Å². The molecule has 2 aromatic heterocycles. The van der Waals surface area contributed by atoms with Crippen LogP contribution in [0.25, 0.3) is 10.2 Å². The Hall–Kier alpha value is -2.74. The molecule has 1 saturated heterocycles. The van der Waals surface area contributed by atoms with Gasteiger partial charge in [0.15, 0.2) is 0 Å². The number of rotatable bonds is 4. The van der Waals surface area contributed by atoms with Crippen LogP contribution in [0.2, 0.25) is 0 Å². The Labute approximate surface area is 177 Å². The van der Waals surface area contributed by atoms with Gasteiger partial charge in [-0.1, -0.05) is 32.0 Å². The number of nitrogens with zero attached hydrogens (tertiary/aromatic N) is 3. The summed E-state index contributed by atoms with van der Waals surface area (Å²) in [7, 11) is 0. The Bertz CT molecular complexity index is 1200. The minimum atomic E-state index is -0.597. The number of halogens is 1. The second-order valence-electron chi connectivity index (χ2n) is 8.23. The van der Waals surface area contributed by atoms with E-state index in [0.29, 0.717) is 35.1 Å². The zero-order valence-corrected chi connectivity index (χ0v) is 17.8. The van der Waals surface area contributed by atoms with Gasteiger partial charge in [-0.3, -0.25) is 18.7 Å². The minimum Gasteiger partial charge on any atom is -0.341 e. The molecule has 3 heterocycles. The summed E-state index contributed by atoms with van der Waals surface area (Å²) < 4.78 is 16.9. The lowest BCUT2D eigenvalue weighted by Crippen LogP contribution is -2.47. The lowest BCUT2D eigenvalue weighted by Gasteiger charge is -2.35. The number of likely N-dealkylation sites (tertiary alicyclic amines) is 1. The van der Waals surface area contributed by atoms with Crippen molar-refractivity contribution in [1.82, 2.24) is 14.0 Å². The summed E-state index contributed by atoms with van der Waals surface area (Å²) in [6.45, 7) is 5.26. The van der Waals surface area contributed by atoms with E-state index in [2.05, 4.69) is 13.8 Å². The molecule has 1 fully saturated rings. The molecule has 0 aliphatic carbocycles. The summed E-state index contributed by atoms with van der Waals surface area (Å²) in [5.74, 6) is 0.198. The predicted molar refractivity (Wildman–Crippen MR) is 115 cm³/mol. The third kappa shape index (κ3) is 3.84. The van der Waals surface area contributed by atoms with Gasteiger partial charge in [-0.2, -0.15) is 0 Å². The van der Waals surface area contributed by atoms with E-state index < -0.39 is 17.1 Å². The highest BCUT2D eigenvalue weighted by molar-refractivity contribution is 7.17. The number of amides is 1. The van der Waals surface area contributed by atoms with Gasteiger partial charge in [0.2, 0.25) is 5.91 Å². The van der Waals surface area contributed by atoms with E-state index in [1.54, 1.807) is 34.5 Å². The van der Waals surface area contributed by atoms with Crippen LogP contribution >= 0.6 is 11.3 Å². The average molecular weight is 430 g/mol. The first-order chi connectivity index (χ1) is 14.3. The second kappa shape index (κ2) is 8.18. The van der Waals surface area contributed by atoms with Crippen molar-refractivity contribution in [2.75, 3.05) is 13.1 Å². The summed E-state index contributed by atoms with van der Waals surface area (Å²) in [4.78, 5) is 40.9. The predicted octanol–water partition coefficient (Wildman–Crippen LogP) is 2.92. The Balaban J connectivity index is 1.74. The standard InChI is InChI=1S/C22H24FN3O3S/c1-14-9-15(2)11-24(10-14)19(27)13-25-18-7-8-30-20(18)21(28)26(22(25)29)12-16-5-3-4-6-17(16)23/h3-8,14-15H,9-13H2,1-2H3/t14-,15-/m1/s1. The maximum Gasteiger partial charge on any atom is 0.332 e. The highest BCUT2D eigenvalue weighted by Gasteiger charge is 2.26. The number of hydrogen-bond donors (Lipinski definition) is 0. The van der Waals surface area contributed by atoms with Gasteiger partial charge >= 0.3 is 5.69 Å². The molecule has 4 rings (SSSR count). The third-order valence-electron chi connectivity index (χ3n) is 5.64. The number of carbonyl (C=O) groups is 1. The molecule has 0 spiro atoms. The average Bonchev–Trinajstić information content (AvgIpc) is 3.19. The summed E-state index contributed by atoms with van der Waals surface area (Å²) in [6.07, 6.45) is 1.08. The molecule has 0 N–H and O–H groups in total. The van der Waals surface area contributed by atoms with Crippen LogP contribution in [-0.2, 0) is 17.9 Å². The Morgan fingerprint density at radius 1 is 1.10 bits per heavy atom. The fourth-order valence-electron chi connectivity index (χ4n) is 4.32. The molecule has 0 saturated carbocycles. The molecule has 1 aliphatic rings. The van der Waals surface area contributed by atoms with Crippen LogP contribution in [0, 0.1) is 17.7 Å². The van der Waals surface area contributed by atoms with E-state index in [-0.39, 0.29) is 24.6 Å². The Morgan fingerprint density at radius 2 is 1.80 bits per heavy atom. The number of aromatic nitrogens is 2. The van der Waals surface area contributed by atoms with E-state index in [4.69, 9.17) is 0 Å². The van der Waals surface area contributed by atoms with Crippen LogP contribution in [0.15, 0.2) is 45.3 Å². The topological polar surface area (TPSA) is 64.3 Å². The van der Waals surface area contributed by atoms with Crippen molar-refractivity contribution < 1.29 is 9.18 Å². The molecule has 1 aromatic carbocycles. The van der Waals surface area contributed by atoms with E-state index in [9.17, 15) is 18.8 Å². The van der Waals surface area contributed by atoms with E-state index in [1.165, 1.54) is 22.0 Å². The number of thiophene rings is 1. The van der Waals surface area contributed by atoms with Gasteiger partial charge in [0.25, 0.3) is 5.56 Å². The highest BCUT2D eigenvalue weighted by atomic mass is 32.1. The number of benzene rings is 1. The van der Waals surface area contributed by atoms with Crippen molar-refractivity contribution in [2.24, 2.45) is 11.8 Å². The number of piperidine rings is 1. The zero-order chi connectivity index (χ0) is 21.4. The van der Waals surface area contributed by atoms with Crippen molar-refractivity contribution in [2.45, 2.75) is 33.4 Å². The first-order valence-corrected chi connectivity index (χ1v) is 10.9. The monoisotopic (exact) mass is 429 g/mol. The summed E-state index contributed by atoms with van der Waals surface area (Å²) in [5.41, 5.74) is -0.354. The van der Waals surface area contributed by atoms with Gasteiger partial charge in [-0.25, -0.2) is 9.18 Å². The third-order valence-corrected chi connectivity index (χ3v) is 6.53. The zero-order valence-electron chi connectivity index (χ0n) is 17.0. The molecule has 6 nitrogen and oxygen atoms in total. The lowest BCUT2D eigenvalue weighted by atomic mass is 9.92. The molecule has 1 aliphatic heterocycles. The van der Waals surface area contributed by atoms with Crippen LogP contribution in [0.5, 0.6) is 0 Å². The summed E-state index contributed by atoms with van der Waals surface area (Å²) in [6, 6.07) is 7.75. The van der Waals surface area contributed by atoms with E-state index in [1.807, 2.05) is 0 Å². The minimum absolute atomic E-state index is 0.136. The second-order valence-corrected chi connectivity index (χ2v) is 9.15. The fourth-order valence-corrected chi connectivity index (χ4v) is 5.17. The van der Waals surface area contributed by atoms with Crippen LogP contribution in [0.3, 0.4) is 0 Å². The van der Waals surface area contributed by atoms with E-state index in [0.717, 1.165) is 11.0 Å². The van der Waals surface area contributed by atoms with Crippen molar-refractivity contribution in [3.63, 3.8) is 0 Å². The van der Waals surface area contributed by atoms with Crippen molar-refractivity contribution in [3.8, 4) is 0 Å².